The number of benzene rings is 3. The number of amides is 2. The van der Waals surface area contributed by atoms with Crippen molar-refractivity contribution < 1.29 is 23.1 Å². The standard InChI is InChI=1S/C36H33N7O5S/c1-23-10-13-27(40-34(44)24-11-14-28(15-12-24)43(35(45)46)36(2,3)4)19-30(23)41-32-20-31(38-22-39-32)26-18-25-16-17-42(33(25)37-21-26)49(47,48)29-8-6-5-7-9-29/h5-22H,1-4H3,(H,40,44)(H,45,46)(H,38,39,41). The van der Waals surface area contributed by atoms with Gasteiger partial charge in [0.25, 0.3) is 15.9 Å². The van der Waals surface area contributed by atoms with Crippen molar-refractivity contribution in [2.24, 2.45) is 0 Å². The van der Waals surface area contributed by atoms with Crippen LogP contribution in [0.4, 0.5) is 27.7 Å². The van der Waals surface area contributed by atoms with Gasteiger partial charge in [0.05, 0.1) is 10.6 Å². The zero-order valence-corrected chi connectivity index (χ0v) is 27.9. The van der Waals surface area contributed by atoms with Gasteiger partial charge in [-0.15, -0.1) is 0 Å². The van der Waals surface area contributed by atoms with E-state index in [9.17, 15) is 23.1 Å². The first kappa shape index (κ1) is 32.8. The smallest absolute Gasteiger partial charge is 0.412 e. The predicted octanol–water partition coefficient (Wildman–Crippen LogP) is 7.32. The molecule has 49 heavy (non-hydrogen) atoms. The Morgan fingerprint density at radius 2 is 1.61 bits per heavy atom. The van der Waals surface area contributed by atoms with Gasteiger partial charge in [0.1, 0.15) is 12.1 Å². The van der Waals surface area contributed by atoms with Gasteiger partial charge in [0, 0.05) is 57.6 Å². The number of hydrogen-bond donors (Lipinski definition) is 3. The van der Waals surface area contributed by atoms with Gasteiger partial charge in [-0.2, -0.15) is 0 Å². The Hall–Kier alpha value is -6.08. The molecule has 6 rings (SSSR count). The molecule has 248 valence electrons. The summed E-state index contributed by atoms with van der Waals surface area (Å²) in [4.78, 5) is 39.6. The molecule has 6 aromatic rings. The lowest BCUT2D eigenvalue weighted by Gasteiger charge is -2.33. The highest BCUT2D eigenvalue weighted by molar-refractivity contribution is 7.90. The number of aryl methyl sites for hydroxylation is 1. The van der Waals surface area contributed by atoms with Crippen LogP contribution < -0.4 is 15.5 Å². The molecule has 13 heteroatoms. The number of rotatable bonds is 8. The van der Waals surface area contributed by atoms with Crippen molar-refractivity contribution in [3.05, 3.63) is 121 Å². The summed E-state index contributed by atoms with van der Waals surface area (Å²) in [6.07, 6.45) is 3.40. The second-order valence-corrected chi connectivity index (χ2v) is 14.1. The largest absolute Gasteiger partial charge is 0.465 e. The number of nitrogens with one attached hydrogen (secondary N) is 2. The molecule has 0 radical (unpaired) electrons. The summed E-state index contributed by atoms with van der Waals surface area (Å²) in [6, 6.07) is 25.3. The molecule has 0 unspecified atom stereocenters. The van der Waals surface area contributed by atoms with Gasteiger partial charge in [-0.1, -0.05) is 24.3 Å². The van der Waals surface area contributed by atoms with Crippen molar-refractivity contribution in [1.29, 1.82) is 0 Å². The average molecular weight is 676 g/mol. The highest BCUT2D eigenvalue weighted by Crippen LogP contribution is 2.29. The van der Waals surface area contributed by atoms with Crippen LogP contribution in [0.2, 0.25) is 0 Å². The molecule has 3 aromatic carbocycles. The van der Waals surface area contributed by atoms with E-state index < -0.39 is 21.7 Å². The van der Waals surface area contributed by atoms with E-state index in [1.54, 1.807) is 106 Å². The van der Waals surface area contributed by atoms with Crippen molar-refractivity contribution in [1.82, 2.24) is 18.9 Å². The molecule has 0 spiro atoms. The Labute approximate surface area is 283 Å². The lowest BCUT2D eigenvalue weighted by Crippen LogP contribution is -2.45. The summed E-state index contributed by atoms with van der Waals surface area (Å²) in [6.45, 7) is 7.31. The number of carboxylic acid groups (broad SMARTS) is 1. The number of aromatic nitrogens is 4. The lowest BCUT2D eigenvalue weighted by atomic mass is 10.0. The maximum absolute atomic E-state index is 13.2. The van der Waals surface area contributed by atoms with Crippen molar-refractivity contribution >= 4 is 55.9 Å². The monoisotopic (exact) mass is 675 g/mol. The minimum atomic E-state index is -3.81. The Balaban J connectivity index is 1.19. The molecule has 0 atom stereocenters. The third-order valence-electron chi connectivity index (χ3n) is 7.76. The normalized spacial score (nSPS) is 11.7. The summed E-state index contributed by atoms with van der Waals surface area (Å²) in [7, 11) is -3.81. The summed E-state index contributed by atoms with van der Waals surface area (Å²) in [5.41, 5.74) is 3.88. The van der Waals surface area contributed by atoms with E-state index in [0.717, 1.165) is 9.54 Å². The molecule has 0 fully saturated rings. The van der Waals surface area contributed by atoms with Gasteiger partial charge in [-0.3, -0.25) is 9.69 Å². The fourth-order valence-corrected chi connectivity index (χ4v) is 6.68. The summed E-state index contributed by atoms with van der Waals surface area (Å²) < 4.78 is 27.6. The van der Waals surface area contributed by atoms with Gasteiger partial charge in [0.15, 0.2) is 5.65 Å². The molecular formula is C36H33N7O5S. The summed E-state index contributed by atoms with van der Waals surface area (Å²) in [5, 5.41) is 16.5. The first-order valence-electron chi connectivity index (χ1n) is 15.2. The van der Waals surface area contributed by atoms with Gasteiger partial charge >= 0.3 is 6.09 Å². The predicted molar refractivity (Wildman–Crippen MR) is 189 cm³/mol. The minimum Gasteiger partial charge on any atom is -0.465 e. The number of fused-ring (bicyclic) bond motifs is 1. The van der Waals surface area contributed by atoms with E-state index in [2.05, 4.69) is 25.6 Å². The summed E-state index contributed by atoms with van der Waals surface area (Å²) in [5.74, 6) is 0.148. The van der Waals surface area contributed by atoms with Crippen LogP contribution in [0.15, 0.2) is 115 Å². The van der Waals surface area contributed by atoms with E-state index in [-0.39, 0.29) is 10.8 Å². The van der Waals surface area contributed by atoms with Crippen molar-refractivity contribution in [2.75, 3.05) is 15.5 Å². The molecule has 0 bridgehead atoms. The van der Waals surface area contributed by atoms with E-state index in [0.29, 0.717) is 50.7 Å². The molecule has 0 saturated carbocycles. The van der Waals surface area contributed by atoms with E-state index in [1.807, 2.05) is 19.1 Å². The lowest BCUT2D eigenvalue weighted by molar-refractivity contribution is 0.102. The fourth-order valence-electron chi connectivity index (χ4n) is 5.35. The molecule has 3 N–H and O–H groups in total. The van der Waals surface area contributed by atoms with Crippen LogP contribution in [0.5, 0.6) is 0 Å². The quantitative estimate of drug-likeness (QED) is 0.150. The first-order valence-corrected chi connectivity index (χ1v) is 16.7. The highest BCUT2D eigenvalue weighted by Gasteiger charge is 2.28. The molecule has 0 saturated heterocycles. The zero-order valence-electron chi connectivity index (χ0n) is 27.1. The summed E-state index contributed by atoms with van der Waals surface area (Å²) >= 11 is 0. The second-order valence-electron chi connectivity index (χ2n) is 12.3. The Morgan fingerprint density at radius 1 is 0.878 bits per heavy atom. The number of nitrogens with zero attached hydrogens (tertiary/aromatic N) is 5. The van der Waals surface area contributed by atoms with Crippen LogP contribution in [-0.2, 0) is 10.0 Å². The number of pyridine rings is 1. The van der Waals surface area contributed by atoms with Crippen LogP contribution in [0.1, 0.15) is 36.7 Å². The van der Waals surface area contributed by atoms with Gasteiger partial charge < -0.3 is 15.7 Å². The molecule has 0 aliphatic carbocycles. The Kier molecular flexibility index (Phi) is 8.61. The van der Waals surface area contributed by atoms with Gasteiger partial charge in [-0.05, 0) is 93.9 Å². The van der Waals surface area contributed by atoms with E-state index >= 15 is 0 Å². The number of anilines is 4. The maximum atomic E-state index is 13.2. The molecule has 3 heterocycles. The molecule has 0 aliphatic rings. The van der Waals surface area contributed by atoms with Crippen molar-refractivity contribution in [2.45, 2.75) is 38.1 Å². The number of hydrogen-bond acceptors (Lipinski definition) is 8. The first-order chi connectivity index (χ1) is 23.3. The Morgan fingerprint density at radius 3 is 2.31 bits per heavy atom. The number of carbonyl (C=O) groups excluding carboxylic acids is 1. The van der Waals surface area contributed by atoms with Crippen molar-refractivity contribution in [3.8, 4) is 11.3 Å². The second kappa shape index (κ2) is 12.8. The third kappa shape index (κ3) is 6.83. The minimum absolute atomic E-state index is 0.170. The van der Waals surface area contributed by atoms with Gasteiger partial charge in [0.2, 0.25) is 0 Å². The molecule has 3 aromatic heterocycles. The zero-order chi connectivity index (χ0) is 34.9. The topological polar surface area (TPSA) is 159 Å². The van der Waals surface area contributed by atoms with E-state index in [1.165, 1.54) is 17.4 Å². The number of carbonyl (C=O) groups is 2. The molecule has 0 aliphatic heterocycles. The highest BCUT2D eigenvalue weighted by atomic mass is 32.2. The van der Waals surface area contributed by atoms with Gasteiger partial charge in [-0.25, -0.2) is 32.1 Å². The van der Waals surface area contributed by atoms with Crippen LogP contribution in [-0.4, -0.2) is 50.0 Å². The molecular weight excluding hydrogens is 643 g/mol. The average Bonchev–Trinajstić information content (AvgIpc) is 3.51. The van der Waals surface area contributed by atoms with Crippen LogP contribution >= 0.6 is 0 Å². The van der Waals surface area contributed by atoms with E-state index in [4.69, 9.17) is 0 Å². The maximum Gasteiger partial charge on any atom is 0.412 e. The molecule has 12 nitrogen and oxygen atoms in total. The fraction of sp³-hybridized carbons (Fsp3) is 0.139. The SMILES string of the molecule is Cc1ccc(NC(=O)c2ccc(N(C(=O)O)C(C)(C)C)cc2)cc1Nc1cc(-c2cnc3c(ccn3S(=O)(=O)c3ccccc3)c2)ncn1. The Bertz CT molecular complexity index is 2300. The van der Waals surface area contributed by atoms with Crippen LogP contribution in [0.25, 0.3) is 22.3 Å². The van der Waals surface area contributed by atoms with Crippen LogP contribution in [0, 0.1) is 6.92 Å². The third-order valence-corrected chi connectivity index (χ3v) is 9.44. The van der Waals surface area contributed by atoms with Crippen LogP contribution in [0.3, 0.4) is 0 Å². The van der Waals surface area contributed by atoms with Crippen molar-refractivity contribution in [3.63, 3.8) is 0 Å². The molecule has 2 amide bonds.